The topological polar surface area (TPSA) is 85.3 Å². The van der Waals surface area contributed by atoms with Crippen molar-refractivity contribution in [2.24, 2.45) is 4.99 Å². The number of carbonyl (C=O) groups excluding carboxylic acids is 1. The van der Waals surface area contributed by atoms with Gasteiger partial charge in [0.15, 0.2) is 26.5 Å². The van der Waals surface area contributed by atoms with Crippen LogP contribution in [-0.4, -0.2) is 68.0 Å². The summed E-state index contributed by atoms with van der Waals surface area (Å²) < 4.78 is 34.1. The fourth-order valence-electron chi connectivity index (χ4n) is 3.32. The molecule has 26 heavy (non-hydrogen) atoms. The Labute approximate surface area is 157 Å². The van der Waals surface area contributed by atoms with Crippen LogP contribution in [0.1, 0.15) is 12.5 Å². The number of fused-ring (bicyclic) bond motifs is 1. The van der Waals surface area contributed by atoms with Gasteiger partial charge in [-0.05, 0) is 24.6 Å². The average molecular weight is 399 g/mol. The van der Waals surface area contributed by atoms with E-state index in [2.05, 4.69) is 4.99 Å². The summed E-state index contributed by atoms with van der Waals surface area (Å²) >= 11 is 1.40. The quantitative estimate of drug-likeness (QED) is 0.740. The molecule has 2 aliphatic rings. The first-order valence-electron chi connectivity index (χ1n) is 8.33. The van der Waals surface area contributed by atoms with E-state index in [-0.39, 0.29) is 35.1 Å². The highest BCUT2D eigenvalue weighted by atomic mass is 32.2. The van der Waals surface area contributed by atoms with Gasteiger partial charge in [-0.1, -0.05) is 17.8 Å². The molecule has 0 N–H and O–H groups in total. The first-order chi connectivity index (χ1) is 12.4. The molecule has 0 spiro atoms. The first kappa shape index (κ1) is 19.0. The third kappa shape index (κ3) is 3.83. The number of hydrogen-bond acceptors (Lipinski definition) is 6. The summed E-state index contributed by atoms with van der Waals surface area (Å²) in [7, 11) is 0.113. The Kier molecular flexibility index (Phi) is 5.47. The normalized spacial score (nSPS) is 25.3. The molecule has 3 rings (SSSR count). The molecule has 0 aromatic heterocycles. The minimum Gasteiger partial charge on any atom is -0.493 e. The molecule has 0 unspecified atom stereocenters. The largest absolute Gasteiger partial charge is 0.493 e. The number of ether oxygens (including phenoxy) is 2. The summed E-state index contributed by atoms with van der Waals surface area (Å²) in [5.41, 5.74) is 0.783. The summed E-state index contributed by atoms with van der Waals surface area (Å²) in [4.78, 5) is 18.6. The molecule has 2 saturated heterocycles. The minimum atomic E-state index is -2.99. The molecule has 0 radical (unpaired) electrons. The van der Waals surface area contributed by atoms with Crippen LogP contribution in [0.25, 0.3) is 0 Å². The van der Waals surface area contributed by atoms with Gasteiger partial charge in [0.25, 0.3) is 5.91 Å². The number of carbonyl (C=O) groups is 1. The lowest BCUT2D eigenvalue weighted by atomic mass is 10.1. The third-order valence-corrected chi connectivity index (χ3v) is 7.79. The molecule has 2 heterocycles. The number of benzene rings is 1. The molecule has 9 heteroatoms. The molecule has 142 valence electrons. The van der Waals surface area contributed by atoms with Crippen LogP contribution < -0.4 is 9.47 Å². The monoisotopic (exact) mass is 398 g/mol. The maximum atomic E-state index is 12.4. The van der Waals surface area contributed by atoms with E-state index in [0.29, 0.717) is 23.2 Å². The van der Waals surface area contributed by atoms with Crippen molar-refractivity contribution < 1.29 is 22.7 Å². The van der Waals surface area contributed by atoms with Gasteiger partial charge in [0, 0.05) is 11.8 Å². The summed E-state index contributed by atoms with van der Waals surface area (Å²) in [5.74, 6) is 1.20. The van der Waals surface area contributed by atoms with Gasteiger partial charge in [-0.2, -0.15) is 4.99 Å². The van der Waals surface area contributed by atoms with Crippen LogP contribution in [0.5, 0.6) is 11.5 Å². The van der Waals surface area contributed by atoms with Crippen molar-refractivity contribution in [3.63, 3.8) is 0 Å². The zero-order valence-corrected chi connectivity index (χ0v) is 16.6. The van der Waals surface area contributed by atoms with Crippen molar-refractivity contribution in [2.45, 2.75) is 24.6 Å². The second kappa shape index (κ2) is 7.48. The van der Waals surface area contributed by atoms with Crippen LogP contribution in [0.4, 0.5) is 0 Å². The van der Waals surface area contributed by atoms with Gasteiger partial charge in [0.05, 0.1) is 38.2 Å². The molecule has 1 amide bonds. The maximum Gasteiger partial charge on any atom is 0.252 e. The number of aliphatic imine (C=N–C) groups is 1. The lowest BCUT2D eigenvalue weighted by Crippen LogP contribution is -2.37. The predicted molar refractivity (Wildman–Crippen MR) is 102 cm³/mol. The van der Waals surface area contributed by atoms with Gasteiger partial charge in [0.1, 0.15) is 0 Å². The fraction of sp³-hybridized carbons (Fsp3) is 0.529. The molecule has 1 aromatic carbocycles. The number of amides is 1. The van der Waals surface area contributed by atoms with Crippen molar-refractivity contribution in [1.82, 2.24) is 4.90 Å². The average Bonchev–Trinajstić information content (AvgIpc) is 3.04. The highest BCUT2D eigenvalue weighted by molar-refractivity contribution is 8.15. The zero-order chi connectivity index (χ0) is 18.9. The predicted octanol–water partition coefficient (Wildman–Crippen LogP) is 1.36. The molecule has 2 aliphatic heterocycles. The van der Waals surface area contributed by atoms with Crippen LogP contribution >= 0.6 is 11.8 Å². The summed E-state index contributed by atoms with van der Waals surface area (Å²) in [5, 5.41) is 0.593. The fourth-order valence-corrected chi connectivity index (χ4v) is 7.35. The van der Waals surface area contributed by atoms with E-state index in [1.807, 2.05) is 11.8 Å². The van der Waals surface area contributed by atoms with Crippen molar-refractivity contribution in [3.05, 3.63) is 23.8 Å². The van der Waals surface area contributed by atoms with Gasteiger partial charge in [0.2, 0.25) is 0 Å². The lowest BCUT2D eigenvalue weighted by molar-refractivity contribution is -0.117. The molecule has 2 fully saturated rings. The second-order valence-electron chi connectivity index (χ2n) is 6.24. The molecule has 7 nitrogen and oxygen atoms in total. The van der Waals surface area contributed by atoms with Crippen molar-refractivity contribution in [1.29, 1.82) is 0 Å². The van der Waals surface area contributed by atoms with Crippen LogP contribution in [0, 0.1) is 0 Å². The Hall–Kier alpha value is -1.74. The van der Waals surface area contributed by atoms with E-state index in [1.165, 1.54) is 11.8 Å². The molecular weight excluding hydrogens is 376 g/mol. The summed E-state index contributed by atoms with van der Waals surface area (Å²) in [6.07, 6.45) is 0.148. The van der Waals surface area contributed by atoms with Crippen molar-refractivity contribution >= 4 is 32.7 Å². The van der Waals surface area contributed by atoms with Crippen LogP contribution in [0.2, 0.25) is 0 Å². The van der Waals surface area contributed by atoms with E-state index in [4.69, 9.17) is 9.47 Å². The second-order valence-corrected chi connectivity index (χ2v) is 9.60. The standard InChI is InChI=1S/C17H22N2O5S2/c1-4-19-12-9-26(21,22)10-15(12)25-17(19)18-16(20)8-11-5-6-13(23-2)14(7-11)24-3/h5-7,12,15H,4,8-10H2,1-3H3/t12-,15-/m0/s1. The number of thioether (sulfide) groups is 1. The number of rotatable bonds is 5. The zero-order valence-electron chi connectivity index (χ0n) is 15.0. The number of sulfone groups is 1. The Bertz CT molecular complexity index is 838. The van der Waals surface area contributed by atoms with Crippen molar-refractivity contribution in [2.75, 3.05) is 32.3 Å². The summed E-state index contributed by atoms with van der Waals surface area (Å²) in [6, 6.07) is 5.24. The van der Waals surface area contributed by atoms with Crippen LogP contribution in [0.15, 0.2) is 23.2 Å². The number of nitrogens with zero attached hydrogens (tertiary/aromatic N) is 2. The molecule has 2 atom stereocenters. The Morgan fingerprint density at radius 3 is 2.65 bits per heavy atom. The third-order valence-electron chi connectivity index (χ3n) is 4.54. The van der Waals surface area contributed by atoms with Crippen LogP contribution in [0.3, 0.4) is 0 Å². The minimum absolute atomic E-state index is 0.0346. The van der Waals surface area contributed by atoms with Gasteiger partial charge < -0.3 is 14.4 Å². The molecular formula is C17H22N2O5S2. The SMILES string of the molecule is CCN1C(=NC(=O)Cc2ccc(OC)c(OC)c2)S[C@H]2CS(=O)(=O)C[C@@H]21. The molecule has 1 aromatic rings. The first-order valence-corrected chi connectivity index (χ1v) is 11.0. The molecule has 0 bridgehead atoms. The van der Waals surface area contributed by atoms with Gasteiger partial charge in [-0.3, -0.25) is 4.79 Å². The van der Waals surface area contributed by atoms with Gasteiger partial charge in [-0.15, -0.1) is 0 Å². The number of methoxy groups -OCH3 is 2. The highest BCUT2D eigenvalue weighted by Gasteiger charge is 2.48. The highest BCUT2D eigenvalue weighted by Crippen LogP contribution is 2.38. The lowest BCUT2D eigenvalue weighted by Gasteiger charge is -2.22. The number of amidine groups is 1. The van der Waals surface area contributed by atoms with E-state index < -0.39 is 9.84 Å². The van der Waals surface area contributed by atoms with E-state index >= 15 is 0 Å². The van der Waals surface area contributed by atoms with Gasteiger partial charge >= 0.3 is 0 Å². The van der Waals surface area contributed by atoms with E-state index in [1.54, 1.807) is 32.4 Å². The maximum absolute atomic E-state index is 12.4. The number of hydrogen-bond donors (Lipinski definition) is 0. The summed E-state index contributed by atoms with van der Waals surface area (Å²) in [6.45, 7) is 2.58. The smallest absolute Gasteiger partial charge is 0.252 e. The Morgan fingerprint density at radius 1 is 1.27 bits per heavy atom. The Balaban J connectivity index is 1.73. The van der Waals surface area contributed by atoms with Gasteiger partial charge in [-0.25, -0.2) is 8.42 Å². The van der Waals surface area contributed by atoms with Crippen molar-refractivity contribution in [3.8, 4) is 11.5 Å². The van der Waals surface area contributed by atoms with Crippen LogP contribution in [-0.2, 0) is 21.1 Å². The van der Waals surface area contributed by atoms with E-state index in [0.717, 1.165) is 5.56 Å². The molecule has 0 saturated carbocycles. The Morgan fingerprint density at radius 2 is 2.00 bits per heavy atom. The van der Waals surface area contributed by atoms with E-state index in [9.17, 15) is 13.2 Å². The molecule has 0 aliphatic carbocycles.